The third-order valence-electron chi connectivity index (χ3n) is 8.58. The van der Waals surface area contributed by atoms with Crippen LogP contribution in [-0.2, 0) is 5.41 Å². The molecule has 2 heteroatoms. The molecule has 0 radical (unpaired) electrons. The second kappa shape index (κ2) is 8.09. The minimum atomic E-state index is -0.0396. The number of hydrogen-bond acceptors (Lipinski definition) is 2. The third-order valence-corrected chi connectivity index (χ3v) is 8.58. The van der Waals surface area contributed by atoms with Crippen LogP contribution in [0.25, 0.3) is 66.0 Å². The molecule has 0 N–H and O–H groups in total. The van der Waals surface area contributed by atoms with Crippen molar-refractivity contribution in [1.29, 1.82) is 0 Å². The Kier molecular flexibility index (Phi) is 4.60. The molecule has 1 aliphatic carbocycles. The second-order valence-electron chi connectivity index (χ2n) is 11.0. The molecule has 0 unspecified atom stereocenters. The Morgan fingerprint density at radius 2 is 1.00 bits per heavy atom. The number of fused-ring (bicyclic) bond motifs is 9. The molecule has 0 saturated carbocycles. The summed E-state index contributed by atoms with van der Waals surface area (Å²) in [6.07, 6.45) is 3.86. The monoisotopic (exact) mass is 498 g/mol. The molecule has 0 spiro atoms. The third kappa shape index (κ3) is 3.15. The first kappa shape index (κ1) is 22.2. The van der Waals surface area contributed by atoms with E-state index in [0.717, 1.165) is 22.5 Å². The van der Waals surface area contributed by atoms with Gasteiger partial charge in [0.15, 0.2) is 0 Å². The topological polar surface area (TPSA) is 25.8 Å². The van der Waals surface area contributed by atoms with Crippen LogP contribution in [0.5, 0.6) is 0 Å². The van der Waals surface area contributed by atoms with Crippen molar-refractivity contribution < 1.29 is 0 Å². The summed E-state index contributed by atoms with van der Waals surface area (Å²) in [7, 11) is 0. The standard InChI is InChI=1S/C37H26N2/c1-37(2)32-17-8-7-13-27(32)28-19-18-23(20-33(28)37)34-21-39-35(22-38-34)31-16-9-15-30-26-11-4-3-10-24(26)25-12-5-6-14-29(25)36(30)31/h3-22H,1-2H3. The zero-order valence-electron chi connectivity index (χ0n) is 21.9. The Balaban J connectivity index is 1.27. The van der Waals surface area contributed by atoms with Gasteiger partial charge in [-0.05, 0) is 60.6 Å². The molecule has 0 amide bonds. The number of rotatable bonds is 2. The van der Waals surface area contributed by atoms with Crippen molar-refractivity contribution >= 4 is 32.3 Å². The van der Waals surface area contributed by atoms with Crippen LogP contribution < -0.4 is 0 Å². The van der Waals surface area contributed by atoms with Gasteiger partial charge in [0.25, 0.3) is 0 Å². The fraction of sp³-hybridized carbons (Fsp3) is 0.0811. The van der Waals surface area contributed by atoms with E-state index in [1.807, 2.05) is 12.4 Å². The van der Waals surface area contributed by atoms with E-state index in [1.54, 1.807) is 0 Å². The van der Waals surface area contributed by atoms with Gasteiger partial charge < -0.3 is 0 Å². The van der Waals surface area contributed by atoms with E-state index >= 15 is 0 Å². The highest BCUT2D eigenvalue weighted by Crippen LogP contribution is 2.49. The smallest absolute Gasteiger partial charge is 0.0892 e. The number of aromatic nitrogens is 2. The van der Waals surface area contributed by atoms with E-state index in [2.05, 4.69) is 123 Å². The van der Waals surface area contributed by atoms with Crippen LogP contribution in [0.3, 0.4) is 0 Å². The number of hydrogen-bond donors (Lipinski definition) is 0. The van der Waals surface area contributed by atoms with E-state index in [0.29, 0.717) is 0 Å². The summed E-state index contributed by atoms with van der Waals surface area (Å²) < 4.78 is 0. The summed E-state index contributed by atoms with van der Waals surface area (Å²) in [5.41, 5.74) is 9.33. The Hall–Kier alpha value is -4.82. The van der Waals surface area contributed by atoms with E-state index in [4.69, 9.17) is 9.97 Å². The van der Waals surface area contributed by atoms with Crippen LogP contribution in [-0.4, -0.2) is 9.97 Å². The van der Waals surface area contributed by atoms with Crippen LogP contribution >= 0.6 is 0 Å². The van der Waals surface area contributed by atoms with E-state index in [9.17, 15) is 0 Å². The molecule has 1 heterocycles. The van der Waals surface area contributed by atoms with Crippen molar-refractivity contribution in [3.05, 3.63) is 133 Å². The first-order valence-electron chi connectivity index (χ1n) is 13.5. The average Bonchev–Trinajstić information content (AvgIpc) is 3.23. The maximum atomic E-state index is 4.97. The Morgan fingerprint density at radius 1 is 0.462 bits per heavy atom. The highest BCUT2D eigenvalue weighted by Gasteiger charge is 2.35. The lowest BCUT2D eigenvalue weighted by atomic mass is 9.82. The van der Waals surface area contributed by atoms with E-state index in [1.165, 1.54) is 54.6 Å². The lowest BCUT2D eigenvalue weighted by Gasteiger charge is -2.21. The fourth-order valence-electron chi connectivity index (χ4n) is 6.65. The van der Waals surface area contributed by atoms with Gasteiger partial charge in [-0.25, -0.2) is 0 Å². The normalized spacial score (nSPS) is 13.6. The number of benzene rings is 6. The zero-order chi connectivity index (χ0) is 26.1. The van der Waals surface area contributed by atoms with Crippen LogP contribution in [0.4, 0.5) is 0 Å². The molecule has 0 aliphatic heterocycles. The van der Waals surface area contributed by atoms with Gasteiger partial charge in [0.05, 0.1) is 23.8 Å². The maximum Gasteiger partial charge on any atom is 0.0892 e. The van der Waals surface area contributed by atoms with Gasteiger partial charge in [-0.1, -0.05) is 117 Å². The predicted molar refractivity (Wildman–Crippen MR) is 163 cm³/mol. The number of nitrogens with zero attached hydrogens (tertiary/aromatic N) is 2. The fourth-order valence-corrected chi connectivity index (χ4v) is 6.65. The van der Waals surface area contributed by atoms with Crippen molar-refractivity contribution in [2.45, 2.75) is 19.3 Å². The van der Waals surface area contributed by atoms with Gasteiger partial charge in [-0.15, -0.1) is 0 Å². The van der Waals surface area contributed by atoms with Gasteiger partial charge in [0.1, 0.15) is 0 Å². The molecule has 184 valence electrons. The van der Waals surface area contributed by atoms with E-state index < -0.39 is 0 Å². The van der Waals surface area contributed by atoms with Gasteiger partial charge in [-0.2, -0.15) is 0 Å². The molecule has 1 aromatic heterocycles. The van der Waals surface area contributed by atoms with Crippen molar-refractivity contribution in [3.63, 3.8) is 0 Å². The first-order valence-corrected chi connectivity index (χ1v) is 13.5. The molecule has 8 rings (SSSR count). The molecular formula is C37H26N2. The van der Waals surface area contributed by atoms with Crippen LogP contribution in [0.2, 0.25) is 0 Å². The average molecular weight is 499 g/mol. The summed E-state index contributed by atoms with van der Waals surface area (Å²) >= 11 is 0. The highest BCUT2D eigenvalue weighted by molar-refractivity contribution is 6.28. The second-order valence-corrected chi connectivity index (χ2v) is 11.0. The Morgan fingerprint density at radius 3 is 1.72 bits per heavy atom. The first-order chi connectivity index (χ1) is 19.1. The zero-order valence-corrected chi connectivity index (χ0v) is 21.9. The van der Waals surface area contributed by atoms with Crippen molar-refractivity contribution in [3.8, 4) is 33.6 Å². The summed E-state index contributed by atoms with van der Waals surface area (Å²) in [6, 6.07) is 39.3. The van der Waals surface area contributed by atoms with Crippen molar-refractivity contribution in [2.24, 2.45) is 0 Å². The summed E-state index contributed by atoms with van der Waals surface area (Å²) in [6.45, 7) is 4.62. The lowest BCUT2D eigenvalue weighted by Crippen LogP contribution is -2.14. The van der Waals surface area contributed by atoms with Crippen molar-refractivity contribution in [2.75, 3.05) is 0 Å². The SMILES string of the molecule is CC1(C)c2ccccc2-c2ccc(-c3cnc(-c4cccc5c6ccccc6c6ccccc6c45)cn3)cc21. The minimum Gasteiger partial charge on any atom is -0.252 e. The van der Waals surface area contributed by atoms with Crippen LogP contribution in [0, 0.1) is 0 Å². The van der Waals surface area contributed by atoms with Crippen LogP contribution in [0.15, 0.2) is 122 Å². The summed E-state index contributed by atoms with van der Waals surface area (Å²) in [5, 5.41) is 7.52. The van der Waals surface area contributed by atoms with Gasteiger partial charge in [0, 0.05) is 16.5 Å². The van der Waals surface area contributed by atoms with Gasteiger partial charge >= 0.3 is 0 Å². The highest BCUT2D eigenvalue weighted by atomic mass is 14.8. The Bertz CT molecular complexity index is 2040. The molecular weight excluding hydrogens is 472 g/mol. The van der Waals surface area contributed by atoms with Crippen molar-refractivity contribution in [1.82, 2.24) is 9.97 Å². The molecule has 0 saturated heterocycles. The molecule has 39 heavy (non-hydrogen) atoms. The molecule has 0 bridgehead atoms. The minimum absolute atomic E-state index is 0.0396. The lowest BCUT2D eigenvalue weighted by molar-refractivity contribution is 0.660. The van der Waals surface area contributed by atoms with Gasteiger partial charge in [-0.3, -0.25) is 9.97 Å². The molecule has 7 aromatic rings. The van der Waals surface area contributed by atoms with Gasteiger partial charge in [0.2, 0.25) is 0 Å². The molecule has 0 atom stereocenters. The van der Waals surface area contributed by atoms with E-state index in [-0.39, 0.29) is 5.41 Å². The molecule has 6 aromatic carbocycles. The quantitative estimate of drug-likeness (QED) is 0.222. The molecule has 0 fully saturated rings. The molecule has 2 nitrogen and oxygen atoms in total. The summed E-state index contributed by atoms with van der Waals surface area (Å²) in [5.74, 6) is 0. The Labute approximate surface area is 227 Å². The molecule has 1 aliphatic rings. The van der Waals surface area contributed by atoms with Crippen LogP contribution in [0.1, 0.15) is 25.0 Å². The maximum absolute atomic E-state index is 4.97. The predicted octanol–water partition coefficient (Wildman–Crippen LogP) is 9.58. The summed E-state index contributed by atoms with van der Waals surface area (Å²) in [4.78, 5) is 9.90. The largest absolute Gasteiger partial charge is 0.252 e.